The zero-order valence-electron chi connectivity index (χ0n) is 25.6. The monoisotopic (exact) mass is 645 g/mol. The summed E-state index contributed by atoms with van der Waals surface area (Å²) in [6.07, 6.45) is 4.87. The molecule has 4 aromatic carbocycles. The highest BCUT2D eigenvalue weighted by atomic mass is 32.2. The van der Waals surface area contributed by atoms with Gasteiger partial charge in [-0.25, -0.2) is 21.2 Å². The van der Waals surface area contributed by atoms with Gasteiger partial charge in [0.05, 0.1) is 21.3 Å². The lowest BCUT2D eigenvalue weighted by Crippen LogP contribution is -2.31. The number of aliphatic hydroxyl groups is 1. The van der Waals surface area contributed by atoms with Crippen molar-refractivity contribution in [1.82, 2.24) is 4.98 Å². The molecule has 5 rings (SSSR count). The van der Waals surface area contributed by atoms with E-state index in [1.54, 1.807) is 44.3 Å². The first-order valence-corrected chi connectivity index (χ1v) is 18.4. The highest BCUT2D eigenvalue weighted by Crippen LogP contribution is 2.40. The molecule has 0 bridgehead atoms. The Morgan fingerprint density at radius 2 is 1.51 bits per heavy atom. The van der Waals surface area contributed by atoms with Gasteiger partial charge in [-0.05, 0) is 97.0 Å². The van der Waals surface area contributed by atoms with Crippen LogP contribution in [0.3, 0.4) is 0 Å². The van der Waals surface area contributed by atoms with Crippen LogP contribution in [0.4, 0.5) is 4.39 Å². The van der Waals surface area contributed by atoms with Gasteiger partial charge in [0.25, 0.3) is 0 Å². The van der Waals surface area contributed by atoms with Gasteiger partial charge in [-0.15, -0.1) is 0 Å². The second-order valence-corrected chi connectivity index (χ2v) is 16.5. The number of hydrogen-bond donors (Lipinski definition) is 1. The van der Waals surface area contributed by atoms with Gasteiger partial charge in [0, 0.05) is 35.6 Å². The summed E-state index contributed by atoms with van der Waals surface area (Å²) in [4.78, 5) is 4.82. The van der Waals surface area contributed by atoms with Gasteiger partial charge < -0.3 is 5.11 Å². The van der Waals surface area contributed by atoms with E-state index in [1.807, 2.05) is 48.5 Å². The van der Waals surface area contributed by atoms with E-state index in [-0.39, 0.29) is 4.90 Å². The van der Waals surface area contributed by atoms with E-state index in [1.165, 1.54) is 30.5 Å². The van der Waals surface area contributed by atoms with Crippen molar-refractivity contribution >= 4 is 30.6 Å². The number of fused-ring (bicyclic) bond motifs is 1. The van der Waals surface area contributed by atoms with Crippen molar-refractivity contribution < 1.29 is 26.3 Å². The summed E-state index contributed by atoms with van der Waals surface area (Å²) in [5, 5.41) is 12.3. The second kappa shape index (κ2) is 12.5. The number of halogens is 1. The molecule has 1 aromatic heterocycles. The predicted octanol–water partition coefficient (Wildman–Crippen LogP) is 6.65. The van der Waals surface area contributed by atoms with Crippen molar-refractivity contribution in [1.29, 1.82) is 0 Å². The Hall–Kier alpha value is -3.92. The van der Waals surface area contributed by atoms with Crippen molar-refractivity contribution in [2.75, 3.05) is 12.5 Å². The highest BCUT2D eigenvalue weighted by Gasteiger charge is 2.35. The zero-order chi connectivity index (χ0) is 32.6. The standard InChI is InChI=1S/C36H36FNO5S2/c1-24(44(3,40)41)19-26-21-29-9-6-18-38-35(29)33(22-26)28-8-5-7-25(20-28)23-34(27-10-16-32(17-11-27)45(4,42)43)36(2,39)30-12-14-31(37)15-13-30/h5-18,20-22,24,34,39H,19,23H2,1-4H3. The third-order valence-corrected chi connectivity index (χ3v) is 11.3. The molecule has 0 amide bonds. The minimum Gasteiger partial charge on any atom is -0.385 e. The van der Waals surface area contributed by atoms with Gasteiger partial charge in [-0.2, -0.15) is 0 Å². The number of hydrogen-bond acceptors (Lipinski definition) is 6. The number of benzene rings is 4. The fourth-order valence-electron chi connectivity index (χ4n) is 5.75. The Bertz CT molecular complexity index is 2060. The van der Waals surface area contributed by atoms with Crippen LogP contribution >= 0.6 is 0 Å². The Balaban J connectivity index is 1.59. The van der Waals surface area contributed by atoms with Crippen molar-refractivity contribution in [2.45, 2.75) is 48.4 Å². The second-order valence-electron chi connectivity index (χ2n) is 12.0. The van der Waals surface area contributed by atoms with Gasteiger partial charge in [0.2, 0.25) is 0 Å². The maximum Gasteiger partial charge on any atom is 0.175 e. The molecule has 0 saturated carbocycles. The van der Waals surface area contributed by atoms with Gasteiger partial charge in [-0.1, -0.05) is 54.6 Å². The normalized spacial score (nSPS) is 15.0. The van der Waals surface area contributed by atoms with Crippen LogP contribution < -0.4 is 0 Å². The minimum atomic E-state index is -3.41. The maximum absolute atomic E-state index is 13.8. The lowest BCUT2D eigenvalue weighted by molar-refractivity contribution is 0.0261. The molecule has 5 aromatic rings. The quantitative estimate of drug-likeness (QED) is 0.182. The average molecular weight is 646 g/mol. The number of rotatable bonds is 10. The SMILES string of the molecule is CC(Cc1cc(-c2cccc(CC(c3ccc(S(C)(=O)=O)cc3)C(C)(O)c3ccc(F)cc3)c2)c2ncccc2c1)S(C)(=O)=O. The molecule has 1 N–H and O–H groups in total. The number of aromatic nitrogens is 1. The molecule has 45 heavy (non-hydrogen) atoms. The Labute approximate surface area is 264 Å². The van der Waals surface area contributed by atoms with Crippen LogP contribution in [-0.4, -0.2) is 44.7 Å². The molecule has 0 aliphatic carbocycles. The molecule has 0 spiro atoms. The van der Waals surface area contributed by atoms with Crippen LogP contribution in [0.25, 0.3) is 22.0 Å². The van der Waals surface area contributed by atoms with Gasteiger partial charge in [0.15, 0.2) is 9.84 Å². The van der Waals surface area contributed by atoms with Crippen molar-refractivity contribution in [3.8, 4) is 11.1 Å². The lowest BCUT2D eigenvalue weighted by atomic mass is 9.75. The van der Waals surface area contributed by atoms with Gasteiger partial charge in [-0.3, -0.25) is 4.98 Å². The first kappa shape index (κ1) is 32.5. The molecule has 9 heteroatoms. The Morgan fingerprint density at radius 1 is 0.822 bits per heavy atom. The molecule has 0 saturated heterocycles. The maximum atomic E-state index is 13.8. The molecule has 0 aliphatic heterocycles. The van der Waals surface area contributed by atoms with Crippen LogP contribution in [0.15, 0.2) is 108 Å². The number of sulfone groups is 2. The van der Waals surface area contributed by atoms with E-state index >= 15 is 0 Å². The minimum absolute atomic E-state index is 0.179. The smallest absolute Gasteiger partial charge is 0.175 e. The zero-order valence-corrected chi connectivity index (χ0v) is 27.2. The summed E-state index contributed by atoms with van der Waals surface area (Å²) in [6.45, 7) is 3.39. The van der Waals surface area contributed by atoms with Gasteiger partial charge >= 0.3 is 0 Å². The topological polar surface area (TPSA) is 101 Å². The van der Waals surface area contributed by atoms with E-state index in [0.29, 0.717) is 18.4 Å². The molecule has 0 aliphatic rings. The largest absolute Gasteiger partial charge is 0.385 e. The predicted molar refractivity (Wildman–Crippen MR) is 177 cm³/mol. The van der Waals surface area contributed by atoms with E-state index in [0.717, 1.165) is 45.0 Å². The van der Waals surface area contributed by atoms with Crippen LogP contribution in [0.5, 0.6) is 0 Å². The molecular weight excluding hydrogens is 610 g/mol. The lowest BCUT2D eigenvalue weighted by Gasteiger charge is -2.34. The van der Waals surface area contributed by atoms with E-state index < -0.39 is 42.3 Å². The summed E-state index contributed by atoms with van der Waals surface area (Å²) < 4.78 is 62.5. The Kier molecular flexibility index (Phi) is 8.99. The van der Waals surface area contributed by atoms with Crippen LogP contribution in [0.2, 0.25) is 0 Å². The third kappa shape index (κ3) is 7.32. The summed E-state index contributed by atoms with van der Waals surface area (Å²) in [5.74, 6) is -0.936. The Morgan fingerprint density at radius 3 is 2.16 bits per heavy atom. The molecule has 1 heterocycles. The summed E-state index contributed by atoms with van der Waals surface area (Å²) >= 11 is 0. The fraction of sp³-hybridized carbons (Fsp3) is 0.250. The average Bonchev–Trinajstić information content (AvgIpc) is 2.99. The van der Waals surface area contributed by atoms with Crippen LogP contribution in [0, 0.1) is 5.82 Å². The molecule has 234 valence electrons. The fourth-order valence-corrected chi connectivity index (χ4v) is 6.88. The van der Waals surface area contributed by atoms with Crippen molar-refractivity contribution in [3.05, 3.63) is 131 Å². The van der Waals surface area contributed by atoms with E-state index in [9.17, 15) is 26.3 Å². The molecule has 6 nitrogen and oxygen atoms in total. The van der Waals surface area contributed by atoms with Crippen molar-refractivity contribution in [3.63, 3.8) is 0 Å². The number of pyridine rings is 1. The highest BCUT2D eigenvalue weighted by molar-refractivity contribution is 7.91. The third-order valence-electron chi connectivity index (χ3n) is 8.51. The molecular formula is C36H36FNO5S2. The van der Waals surface area contributed by atoms with Gasteiger partial charge in [0.1, 0.15) is 15.7 Å². The van der Waals surface area contributed by atoms with E-state index in [2.05, 4.69) is 4.98 Å². The van der Waals surface area contributed by atoms with Crippen molar-refractivity contribution in [2.24, 2.45) is 0 Å². The first-order valence-electron chi connectivity index (χ1n) is 14.6. The summed E-state index contributed by atoms with van der Waals surface area (Å²) in [7, 11) is -6.64. The molecule has 0 fully saturated rings. The molecule has 3 atom stereocenters. The summed E-state index contributed by atoms with van der Waals surface area (Å²) in [5.41, 5.74) is 4.15. The van der Waals surface area contributed by atoms with Crippen LogP contribution in [-0.2, 0) is 38.1 Å². The van der Waals surface area contributed by atoms with E-state index in [4.69, 9.17) is 0 Å². The number of nitrogens with zero attached hydrogens (tertiary/aromatic N) is 1. The molecule has 0 radical (unpaired) electrons. The summed E-state index contributed by atoms with van der Waals surface area (Å²) in [6, 6.07) is 27.9. The molecule has 3 unspecified atom stereocenters. The first-order chi connectivity index (χ1) is 21.1. The van der Waals surface area contributed by atoms with Crippen LogP contribution in [0.1, 0.15) is 42.0 Å².